The number of nitrogens with zero attached hydrogens (tertiary/aromatic N) is 2. The third-order valence-electron chi connectivity index (χ3n) is 6.30. The maximum Gasteiger partial charge on any atom is 0.271 e. The summed E-state index contributed by atoms with van der Waals surface area (Å²) in [4.78, 5) is 12.7. The van der Waals surface area contributed by atoms with E-state index in [-0.39, 0.29) is 12.5 Å². The molecule has 0 aliphatic heterocycles. The molecule has 190 valence electrons. The second-order valence-electron chi connectivity index (χ2n) is 9.24. The maximum atomic E-state index is 12.7. The van der Waals surface area contributed by atoms with E-state index in [1.54, 1.807) is 48.5 Å². The highest BCUT2D eigenvalue weighted by atomic mass is 35.5. The first-order valence-electron chi connectivity index (χ1n) is 12.5. The maximum absolute atomic E-state index is 12.7. The molecule has 0 unspecified atom stereocenters. The molecule has 0 spiro atoms. The monoisotopic (exact) mass is 517 g/mol. The number of amides is 1. The topological polar surface area (TPSA) is 78.8 Å². The molecule has 0 heterocycles. The lowest BCUT2D eigenvalue weighted by Crippen LogP contribution is -2.29. The average molecular weight is 518 g/mol. The summed E-state index contributed by atoms with van der Waals surface area (Å²) in [5, 5.41) is 5.04. The Kier molecular flexibility index (Phi) is 10.6. The van der Waals surface area contributed by atoms with Crippen LogP contribution in [0.3, 0.4) is 0 Å². The largest absolute Gasteiger partial charge is 0.271 e. The number of hydrazone groups is 1. The first kappa shape index (κ1) is 27.2. The number of nitrogens with one attached hydrogen (secondary N) is 1. The quantitative estimate of drug-likeness (QED) is 0.433. The first-order chi connectivity index (χ1) is 16.8. The fourth-order valence-electron chi connectivity index (χ4n) is 4.26. The molecule has 0 aromatic heterocycles. The van der Waals surface area contributed by atoms with E-state index < -0.39 is 10.0 Å². The molecule has 1 fully saturated rings. The number of carbonyl (C=O) groups excluding carboxylic acids is 1. The molecule has 3 rings (SSSR count). The number of hydrogen-bond acceptors (Lipinski definition) is 4. The van der Waals surface area contributed by atoms with Gasteiger partial charge in [-0.3, -0.25) is 9.10 Å². The van der Waals surface area contributed by atoms with Gasteiger partial charge in [0.05, 0.1) is 18.5 Å². The summed E-state index contributed by atoms with van der Waals surface area (Å²) < 4.78 is 26.2. The SMILES string of the molecule is CS(=O)(=O)N(Cc1ccc(Cl)cc1)c1ccc(C(=O)NN=C2CCCCCCCCCCC2)cc1. The van der Waals surface area contributed by atoms with Crippen LogP contribution in [0.5, 0.6) is 0 Å². The summed E-state index contributed by atoms with van der Waals surface area (Å²) >= 11 is 5.94. The Morgan fingerprint density at radius 2 is 1.37 bits per heavy atom. The van der Waals surface area contributed by atoms with E-state index in [4.69, 9.17) is 11.6 Å². The summed E-state index contributed by atoms with van der Waals surface area (Å²) in [6.07, 6.45) is 14.2. The van der Waals surface area contributed by atoms with Crippen molar-refractivity contribution in [3.05, 3.63) is 64.7 Å². The van der Waals surface area contributed by atoms with Crippen molar-refractivity contribution in [1.29, 1.82) is 0 Å². The smallest absolute Gasteiger partial charge is 0.267 e. The summed E-state index contributed by atoms with van der Waals surface area (Å²) in [7, 11) is -3.52. The second kappa shape index (κ2) is 13.6. The van der Waals surface area contributed by atoms with Crippen LogP contribution in [-0.4, -0.2) is 26.3 Å². The predicted octanol–water partition coefficient (Wildman–Crippen LogP) is 6.70. The van der Waals surface area contributed by atoms with Gasteiger partial charge in [-0.2, -0.15) is 5.10 Å². The van der Waals surface area contributed by atoms with Gasteiger partial charge in [-0.25, -0.2) is 13.8 Å². The van der Waals surface area contributed by atoms with Crippen LogP contribution in [0.1, 0.15) is 86.6 Å². The van der Waals surface area contributed by atoms with Gasteiger partial charge < -0.3 is 0 Å². The highest BCUT2D eigenvalue weighted by Gasteiger charge is 2.18. The van der Waals surface area contributed by atoms with Gasteiger partial charge in [-0.1, -0.05) is 68.7 Å². The van der Waals surface area contributed by atoms with Crippen molar-refractivity contribution >= 4 is 38.9 Å². The lowest BCUT2D eigenvalue weighted by atomic mass is 10.00. The zero-order valence-electron chi connectivity index (χ0n) is 20.5. The summed E-state index contributed by atoms with van der Waals surface area (Å²) in [6, 6.07) is 13.6. The standard InChI is InChI=1S/C27H36ClN3O3S/c1-35(33,34)31(21-22-13-17-24(28)18-14-22)26-19-15-23(16-20-26)27(32)30-29-25-11-9-7-5-3-2-4-6-8-10-12-25/h13-20H,2-12,21H2,1H3,(H,30,32). The number of anilines is 1. The number of rotatable bonds is 6. The molecule has 1 aliphatic carbocycles. The molecule has 0 bridgehead atoms. The van der Waals surface area contributed by atoms with Crippen molar-refractivity contribution in [2.45, 2.75) is 77.2 Å². The lowest BCUT2D eigenvalue weighted by Gasteiger charge is -2.22. The molecule has 2 aromatic rings. The Morgan fingerprint density at radius 1 is 0.857 bits per heavy atom. The van der Waals surface area contributed by atoms with Crippen LogP contribution in [0.15, 0.2) is 53.6 Å². The van der Waals surface area contributed by atoms with Crippen molar-refractivity contribution in [2.75, 3.05) is 10.6 Å². The van der Waals surface area contributed by atoms with Crippen LogP contribution >= 0.6 is 11.6 Å². The van der Waals surface area contributed by atoms with E-state index in [2.05, 4.69) is 10.5 Å². The zero-order chi connectivity index (χ0) is 25.1. The number of carbonyl (C=O) groups is 1. The van der Waals surface area contributed by atoms with E-state index in [1.807, 2.05) is 0 Å². The van der Waals surface area contributed by atoms with E-state index >= 15 is 0 Å². The average Bonchev–Trinajstić information content (AvgIpc) is 2.82. The fraction of sp³-hybridized carbons (Fsp3) is 0.481. The van der Waals surface area contributed by atoms with E-state index in [1.165, 1.54) is 55.5 Å². The molecule has 35 heavy (non-hydrogen) atoms. The molecule has 1 saturated carbocycles. The lowest BCUT2D eigenvalue weighted by molar-refractivity contribution is 0.0954. The van der Waals surface area contributed by atoms with Crippen LogP contribution in [0.25, 0.3) is 0 Å². The van der Waals surface area contributed by atoms with Crippen molar-refractivity contribution in [3.8, 4) is 0 Å². The number of halogens is 1. The van der Waals surface area contributed by atoms with Gasteiger partial charge in [0, 0.05) is 16.3 Å². The summed E-state index contributed by atoms with van der Waals surface area (Å²) in [6.45, 7) is 0.176. The number of sulfonamides is 1. The van der Waals surface area contributed by atoms with E-state index in [9.17, 15) is 13.2 Å². The molecule has 0 radical (unpaired) electrons. The third kappa shape index (κ3) is 9.30. The third-order valence-corrected chi connectivity index (χ3v) is 7.70. The van der Waals surface area contributed by atoms with Crippen molar-refractivity contribution < 1.29 is 13.2 Å². The molecule has 6 nitrogen and oxygen atoms in total. The summed E-state index contributed by atoms with van der Waals surface area (Å²) in [5.41, 5.74) is 5.51. The highest BCUT2D eigenvalue weighted by molar-refractivity contribution is 7.92. The van der Waals surface area contributed by atoms with Crippen LogP contribution in [0.4, 0.5) is 5.69 Å². The van der Waals surface area contributed by atoms with E-state index in [0.717, 1.165) is 37.0 Å². The highest BCUT2D eigenvalue weighted by Crippen LogP contribution is 2.22. The van der Waals surface area contributed by atoms with Gasteiger partial charge in [0.1, 0.15) is 0 Å². The van der Waals surface area contributed by atoms with Gasteiger partial charge in [-0.05, 0) is 67.6 Å². The van der Waals surface area contributed by atoms with Crippen LogP contribution in [0, 0.1) is 0 Å². The molecule has 1 N–H and O–H groups in total. The van der Waals surface area contributed by atoms with Crippen molar-refractivity contribution in [2.24, 2.45) is 5.10 Å². The number of benzene rings is 2. The van der Waals surface area contributed by atoms with Gasteiger partial charge in [-0.15, -0.1) is 0 Å². The normalized spacial score (nSPS) is 16.0. The minimum absolute atomic E-state index is 0.176. The van der Waals surface area contributed by atoms with Crippen LogP contribution in [-0.2, 0) is 16.6 Å². The van der Waals surface area contributed by atoms with Gasteiger partial charge in [0.15, 0.2) is 0 Å². The van der Waals surface area contributed by atoms with Gasteiger partial charge in [0.25, 0.3) is 5.91 Å². The minimum atomic E-state index is -3.52. The van der Waals surface area contributed by atoms with Crippen molar-refractivity contribution in [3.63, 3.8) is 0 Å². The Hall–Kier alpha value is -2.38. The van der Waals surface area contributed by atoms with Gasteiger partial charge in [0.2, 0.25) is 10.0 Å². The Bertz CT molecular complexity index is 1070. The predicted molar refractivity (Wildman–Crippen MR) is 145 cm³/mol. The zero-order valence-corrected chi connectivity index (χ0v) is 22.1. The minimum Gasteiger partial charge on any atom is -0.267 e. The number of hydrogen-bond donors (Lipinski definition) is 1. The van der Waals surface area contributed by atoms with Crippen LogP contribution in [0.2, 0.25) is 5.02 Å². The first-order valence-corrected chi connectivity index (χ1v) is 14.7. The molecule has 8 heteroatoms. The van der Waals surface area contributed by atoms with Crippen LogP contribution < -0.4 is 9.73 Å². The molecular formula is C27H36ClN3O3S. The Morgan fingerprint density at radius 3 is 1.89 bits per heavy atom. The fourth-order valence-corrected chi connectivity index (χ4v) is 5.28. The molecule has 2 aromatic carbocycles. The van der Waals surface area contributed by atoms with Crippen molar-refractivity contribution in [1.82, 2.24) is 5.43 Å². The molecule has 1 amide bonds. The Balaban J connectivity index is 1.65. The summed E-state index contributed by atoms with van der Waals surface area (Å²) in [5.74, 6) is -0.293. The Labute approximate surface area is 214 Å². The molecule has 0 atom stereocenters. The molecule has 0 saturated heterocycles. The second-order valence-corrected chi connectivity index (χ2v) is 11.6. The molecule has 1 aliphatic rings. The van der Waals surface area contributed by atoms with Gasteiger partial charge >= 0.3 is 0 Å². The molecular weight excluding hydrogens is 482 g/mol. The van der Waals surface area contributed by atoms with E-state index in [0.29, 0.717) is 16.3 Å².